The minimum absolute atomic E-state index is 0.0825. The van der Waals surface area contributed by atoms with Crippen molar-refractivity contribution in [2.75, 3.05) is 5.32 Å². The Balaban J connectivity index is 2.02. The second kappa shape index (κ2) is 5.10. The third-order valence-electron chi connectivity index (χ3n) is 2.93. The molecule has 2 N–H and O–H groups in total. The second-order valence-corrected chi connectivity index (χ2v) is 5.33. The lowest BCUT2D eigenvalue weighted by molar-refractivity contribution is 0.102. The van der Waals surface area contributed by atoms with E-state index in [9.17, 15) is 14.0 Å². The first-order chi connectivity index (χ1) is 10.0. The van der Waals surface area contributed by atoms with Crippen molar-refractivity contribution >= 4 is 33.3 Å². The molecule has 0 fully saturated rings. The van der Waals surface area contributed by atoms with Gasteiger partial charge in [0.2, 0.25) is 5.43 Å². The average molecular weight is 303 g/mol. The molecule has 3 rings (SSSR count). The molecule has 1 aromatic carbocycles. The zero-order valence-electron chi connectivity index (χ0n) is 10.9. The quantitative estimate of drug-likeness (QED) is 0.764. The molecule has 7 heteroatoms. The summed E-state index contributed by atoms with van der Waals surface area (Å²) in [6.45, 7) is 1.80. The maximum atomic E-state index is 13.2. The number of benzene rings is 1. The lowest BCUT2D eigenvalue weighted by atomic mass is 10.1. The van der Waals surface area contributed by atoms with Crippen molar-refractivity contribution in [1.29, 1.82) is 0 Å². The number of fused-ring (bicyclic) bond motifs is 1. The number of carbonyl (C=O) groups excluding carboxylic acids is 1. The SMILES string of the molecule is Cc1csc(NC(=O)c2c[nH]c3ccc(F)cc3c2=O)n1. The largest absolute Gasteiger partial charge is 0.360 e. The summed E-state index contributed by atoms with van der Waals surface area (Å²) < 4.78 is 13.2. The molecule has 0 aliphatic heterocycles. The lowest BCUT2D eigenvalue weighted by Crippen LogP contribution is -2.22. The minimum Gasteiger partial charge on any atom is -0.360 e. The number of hydrogen-bond acceptors (Lipinski definition) is 4. The fraction of sp³-hybridized carbons (Fsp3) is 0.0714. The number of nitrogens with one attached hydrogen (secondary N) is 2. The standard InChI is InChI=1S/C14H10FN3O2S/c1-7-6-21-14(17-7)18-13(20)10-5-16-11-3-2-8(15)4-9(11)12(10)19/h2-6H,1H3,(H,16,19)(H,17,18,20). The van der Waals surface area contributed by atoms with Gasteiger partial charge in [-0.2, -0.15) is 0 Å². The number of nitrogens with zero attached hydrogens (tertiary/aromatic N) is 1. The molecule has 0 saturated carbocycles. The molecule has 0 atom stereocenters. The highest BCUT2D eigenvalue weighted by molar-refractivity contribution is 7.13. The van der Waals surface area contributed by atoms with E-state index in [-0.39, 0.29) is 10.9 Å². The van der Waals surface area contributed by atoms with Crippen molar-refractivity contribution in [1.82, 2.24) is 9.97 Å². The van der Waals surface area contributed by atoms with Crippen LogP contribution in [0.2, 0.25) is 0 Å². The molecule has 2 aromatic heterocycles. The molecule has 2 heterocycles. The van der Waals surface area contributed by atoms with Crippen LogP contribution >= 0.6 is 11.3 Å². The predicted molar refractivity (Wildman–Crippen MR) is 79.3 cm³/mol. The first kappa shape index (κ1) is 13.4. The van der Waals surface area contributed by atoms with E-state index in [4.69, 9.17) is 0 Å². The summed E-state index contributed by atoms with van der Waals surface area (Å²) in [6, 6.07) is 3.81. The Morgan fingerprint density at radius 3 is 2.95 bits per heavy atom. The molecule has 1 amide bonds. The van der Waals surface area contributed by atoms with E-state index in [1.165, 1.54) is 29.7 Å². The van der Waals surface area contributed by atoms with E-state index in [2.05, 4.69) is 15.3 Å². The van der Waals surface area contributed by atoms with E-state index in [1.807, 2.05) is 0 Å². The number of rotatable bonds is 2. The molecule has 0 bridgehead atoms. The van der Waals surface area contributed by atoms with Gasteiger partial charge >= 0.3 is 0 Å². The summed E-state index contributed by atoms with van der Waals surface area (Å²) in [5.74, 6) is -1.10. The van der Waals surface area contributed by atoms with Crippen molar-refractivity contribution in [3.8, 4) is 0 Å². The number of H-pyrrole nitrogens is 1. The number of aromatic amines is 1. The van der Waals surface area contributed by atoms with Crippen molar-refractivity contribution < 1.29 is 9.18 Å². The van der Waals surface area contributed by atoms with Crippen LogP contribution in [0.5, 0.6) is 0 Å². The molecule has 0 aliphatic carbocycles. The fourth-order valence-electron chi connectivity index (χ4n) is 1.94. The van der Waals surface area contributed by atoms with E-state index >= 15 is 0 Å². The molecule has 0 spiro atoms. The van der Waals surface area contributed by atoms with Crippen LogP contribution in [-0.2, 0) is 0 Å². The second-order valence-electron chi connectivity index (χ2n) is 4.47. The number of pyridine rings is 1. The Hall–Kier alpha value is -2.54. The number of thiazole rings is 1. The number of halogens is 1. The van der Waals surface area contributed by atoms with Gasteiger partial charge in [-0.1, -0.05) is 0 Å². The van der Waals surface area contributed by atoms with Crippen molar-refractivity contribution in [3.05, 3.63) is 57.1 Å². The number of aryl methyl sites for hydroxylation is 1. The summed E-state index contributed by atoms with van der Waals surface area (Å²) in [7, 11) is 0. The van der Waals surface area contributed by atoms with Crippen LogP contribution in [-0.4, -0.2) is 15.9 Å². The van der Waals surface area contributed by atoms with E-state index in [0.29, 0.717) is 10.6 Å². The summed E-state index contributed by atoms with van der Waals surface area (Å²) in [4.78, 5) is 31.3. The average Bonchev–Trinajstić information content (AvgIpc) is 2.85. The van der Waals surface area contributed by atoms with Crippen LogP contribution in [0.1, 0.15) is 16.1 Å². The first-order valence-electron chi connectivity index (χ1n) is 6.09. The van der Waals surface area contributed by atoms with Gasteiger partial charge in [-0.3, -0.25) is 14.9 Å². The number of amides is 1. The zero-order valence-corrected chi connectivity index (χ0v) is 11.8. The Morgan fingerprint density at radius 1 is 1.43 bits per heavy atom. The topological polar surface area (TPSA) is 74.8 Å². The van der Waals surface area contributed by atoms with Gasteiger partial charge in [-0.05, 0) is 25.1 Å². The third-order valence-corrected chi connectivity index (χ3v) is 3.80. The van der Waals surface area contributed by atoms with E-state index in [1.54, 1.807) is 12.3 Å². The van der Waals surface area contributed by atoms with Crippen LogP contribution in [0.4, 0.5) is 9.52 Å². The Bertz CT molecular complexity index is 901. The highest BCUT2D eigenvalue weighted by atomic mass is 32.1. The predicted octanol–water partition coefficient (Wildman–Crippen LogP) is 2.68. The molecule has 106 valence electrons. The van der Waals surface area contributed by atoms with Crippen LogP contribution in [0, 0.1) is 12.7 Å². The van der Waals surface area contributed by atoms with Crippen molar-refractivity contribution in [2.24, 2.45) is 0 Å². The minimum atomic E-state index is -0.572. The van der Waals surface area contributed by atoms with Gasteiger partial charge in [-0.15, -0.1) is 11.3 Å². The Kier molecular flexibility index (Phi) is 3.26. The highest BCUT2D eigenvalue weighted by Gasteiger charge is 2.14. The summed E-state index contributed by atoms with van der Waals surface area (Å²) >= 11 is 1.27. The normalized spacial score (nSPS) is 10.8. The van der Waals surface area contributed by atoms with Crippen LogP contribution in [0.25, 0.3) is 10.9 Å². The summed E-state index contributed by atoms with van der Waals surface area (Å²) in [6.07, 6.45) is 1.32. The Morgan fingerprint density at radius 2 is 2.24 bits per heavy atom. The molecule has 5 nitrogen and oxygen atoms in total. The van der Waals surface area contributed by atoms with Gasteiger partial charge in [0.1, 0.15) is 11.4 Å². The highest BCUT2D eigenvalue weighted by Crippen LogP contribution is 2.16. The van der Waals surface area contributed by atoms with Crippen LogP contribution in [0.15, 0.2) is 34.6 Å². The number of hydrogen-bond donors (Lipinski definition) is 2. The van der Waals surface area contributed by atoms with Gasteiger partial charge in [0, 0.05) is 22.5 Å². The molecule has 21 heavy (non-hydrogen) atoms. The number of carbonyl (C=O) groups is 1. The molecular formula is C14H10FN3O2S. The van der Waals surface area contributed by atoms with Crippen molar-refractivity contribution in [3.63, 3.8) is 0 Å². The Labute approximate surface area is 122 Å². The maximum Gasteiger partial charge on any atom is 0.262 e. The van der Waals surface area contributed by atoms with Crippen LogP contribution < -0.4 is 10.7 Å². The van der Waals surface area contributed by atoms with Gasteiger partial charge in [0.25, 0.3) is 5.91 Å². The van der Waals surface area contributed by atoms with Crippen LogP contribution in [0.3, 0.4) is 0 Å². The number of anilines is 1. The van der Waals surface area contributed by atoms with E-state index in [0.717, 1.165) is 11.8 Å². The molecule has 0 unspecified atom stereocenters. The molecule has 0 saturated heterocycles. The molecular weight excluding hydrogens is 293 g/mol. The van der Waals surface area contributed by atoms with Gasteiger partial charge in [0.15, 0.2) is 5.13 Å². The monoisotopic (exact) mass is 303 g/mol. The molecule has 0 radical (unpaired) electrons. The summed E-state index contributed by atoms with van der Waals surface area (Å²) in [5.41, 5.74) is 0.655. The lowest BCUT2D eigenvalue weighted by Gasteiger charge is -2.03. The zero-order chi connectivity index (χ0) is 15.0. The van der Waals surface area contributed by atoms with Gasteiger partial charge in [-0.25, -0.2) is 9.37 Å². The molecule has 0 aliphatic rings. The fourth-order valence-corrected chi connectivity index (χ4v) is 2.62. The number of aromatic nitrogens is 2. The van der Waals surface area contributed by atoms with Gasteiger partial charge in [0.05, 0.1) is 5.69 Å². The van der Waals surface area contributed by atoms with E-state index < -0.39 is 17.2 Å². The first-order valence-corrected chi connectivity index (χ1v) is 6.97. The smallest absolute Gasteiger partial charge is 0.262 e. The maximum absolute atomic E-state index is 13.2. The third kappa shape index (κ3) is 2.55. The van der Waals surface area contributed by atoms with Gasteiger partial charge < -0.3 is 4.98 Å². The summed E-state index contributed by atoms with van der Waals surface area (Å²) in [5, 5.41) is 4.89. The molecule has 3 aromatic rings. The van der Waals surface area contributed by atoms with Crippen molar-refractivity contribution in [2.45, 2.75) is 6.92 Å².